The van der Waals surface area contributed by atoms with Crippen molar-refractivity contribution < 1.29 is 42.1 Å². The summed E-state index contributed by atoms with van der Waals surface area (Å²) in [6.45, 7) is -8.46. The number of imidazole rings is 2. The van der Waals surface area contributed by atoms with Crippen LogP contribution in [0, 0.1) is 5.92 Å². The summed E-state index contributed by atoms with van der Waals surface area (Å²) in [4.78, 5) is 45.7. The number of ether oxygens (including phenoxy) is 2. The smallest absolute Gasteiger partial charge is 0.386 e. The molecule has 4 aromatic rings. The highest BCUT2D eigenvalue weighted by Gasteiger charge is 2.55. The van der Waals surface area contributed by atoms with Gasteiger partial charge in [-0.05, 0) is 31.1 Å². The number of rotatable bonds is 11. The fourth-order valence-corrected chi connectivity index (χ4v) is 8.38. The van der Waals surface area contributed by atoms with Gasteiger partial charge in [-0.3, -0.25) is 28.0 Å². The van der Waals surface area contributed by atoms with Crippen molar-refractivity contribution >= 4 is 71.7 Å². The Labute approximate surface area is 275 Å². The summed E-state index contributed by atoms with van der Waals surface area (Å²) >= 11 is 9.10. The van der Waals surface area contributed by atoms with E-state index in [9.17, 15) is 19.4 Å². The Morgan fingerprint density at radius 3 is 2.68 bits per heavy atom. The molecule has 4 aromatic heterocycles. The van der Waals surface area contributed by atoms with E-state index < -0.39 is 62.1 Å². The molecule has 3 aliphatic rings. The second kappa shape index (κ2) is 12.1. The van der Waals surface area contributed by atoms with Crippen LogP contribution in [0.2, 0.25) is 0 Å². The van der Waals surface area contributed by atoms with E-state index in [0.29, 0.717) is 24.0 Å². The largest absolute Gasteiger partial charge is 0.387 e. The minimum Gasteiger partial charge on any atom is -0.387 e. The molecule has 7 rings (SSSR count). The third-order valence-electron chi connectivity index (χ3n) is 8.46. The SMILES string of the molecule is COP(O)(=S)OC[C@H]1O[C@@H](n2cnc3c(=O)[nH]c(N)nc32)[C@H](OP(=O)(S)OC[C@]23CC[C@H](C2)[C@H](n2cnc4c(N)ncnc42)O3)[C@@H]1O. The maximum atomic E-state index is 13.8. The van der Waals surface area contributed by atoms with Crippen LogP contribution in [0.1, 0.15) is 31.7 Å². The van der Waals surface area contributed by atoms with Gasteiger partial charge in [-0.15, -0.1) is 0 Å². The Kier molecular flexibility index (Phi) is 8.46. The maximum Gasteiger partial charge on any atom is 0.386 e. The van der Waals surface area contributed by atoms with E-state index in [1.54, 1.807) is 10.9 Å². The first-order chi connectivity index (χ1) is 22.3. The summed E-state index contributed by atoms with van der Waals surface area (Å²) < 4.78 is 51.0. The van der Waals surface area contributed by atoms with Crippen LogP contribution in [0.4, 0.5) is 11.8 Å². The zero-order valence-electron chi connectivity index (χ0n) is 24.4. The first kappa shape index (κ1) is 32.9. The molecule has 254 valence electrons. The van der Waals surface area contributed by atoms with Crippen LogP contribution in [-0.2, 0) is 43.9 Å². The second-order valence-corrected chi connectivity index (χ2v) is 17.2. The summed E-state index contributed by atoms with van der Waals surface area (Å²) in [6, 6.07) is 0. The van der Waals surface area contributed by atoms with Gasteiger partial charge in [0.2, 0.25) is 5.95 Å². The lowest BCUT2D eigenvalue weighted by atomic mass is 10.0. The Morgan fingerprint density at radius 2 is 1.91 bits per heavy atom. The van der Waals surface area contributed by atoms with Gasteiger partial charge in [-0.2, -0.15) is 4.98 Å². The molecule has 6 heterocycles. The Hall–Kier alpha value is -2.59. The number of nitrogen functional groups attached to an aromatic ring is 2. The van der Waals surface area contributed by atoms with Crippen LogP contribution in [0.5, 0.6) is 0 Å². The number of nitrogens with one attached hydrogen (secondary N) is 1. The molecule has 3 fully saturated rings. The van der Waals surface area contributed by atoms with Crippen LogP contribution >= 0.6 is 25.8 Å². The average Bonchev–Trinajstić information content (AvgIpc) is 3.85. The lowest BCUT2D eigenvalue weighted by Crippen LogP contribution is -2.36. The summed E-state index contributed by atoms with van der Waals surface area (Å²) in [5, 5.41) is 11.3. The number of aromatic nitrogens is 8. The first-order valence-electron chi connectivity index (χ1n) is 14.1. The molecule has 2 saturated heterocycles. The van der Waals surface area contributed by atoms with Crippen LogP contribution in [0.25, 0.3) is 22.3 Å². The third kappa shape index (κ3) is 6.11. The highest BCUT2D eigenvalue weighted by atomic mass is 32.7. The molecule has 20 nitrogen and oxygen atoms in total. The molecular formula is C23H30N10O10P2S2. The van der Waals surface area contributed by atoms with Gasteiger partial charge in [0.1, 0.15) is 36.4 Å². The van der Waals surface area contributed by atoms with E-state index in [0.717, 1.165) is 6.42 Å². The zero-order valence-corrected chi connectivity index (χ0v) is 27.9. The van der Waals surface area contributed by atoms with E-state index in [4.69, 9.17) is 50.8 Å². The Morgan fingerprint density at radius 1 is 1.17 bits per heavy atom. The molecule has 9 atom stereocenters. The topological polar surface area (TPSA) is 272 Å². The number of hydrogen-bond donors (Lipinski definition) is 6. The fourth-order valence-electron chi connectivity index (χ4n) is 6.26. The van der Waals surface area contributed by atoms with Crippen molar-refractivity contribution in [3.63, 3.8) is 0 Å². The van der Waals surface area contributed by atoms with E-state index in [1.807, 2.05) is 0 Å². The van der Waals surface area contributed by atoms with Crippen LogP contribution < -0.4 is 17.0 Å². The molecule has 24 heteroatoms. The van der Waals surface area contributed by atoms with E-state index in [1.165, 1.54) is 24.3 Å². The summed E-state index contributed by atoms with van der Waals surface area (Å²) in [7, 11) is 1.17. The monoisotopic (exact) mass is 732 g/mol. The number of aromatic amines is 1. The number of fused-ring (bicyclic) bond motifs is 4. The standard InChI is InChI=1S/C23H30N10O10P2S2/c1-38-44(36,46)39-5-11-14(34)15(21(41-11)33-9-29-13-18(33)30-22(25)31-19(13)35)43-45(37,47)40-6-23-3-2-10(4-23)20(42-23)32-8-28-12-16(24)26-7-27-17(12)32/h7-11,14-15,20-21,34H,2-6H2,1H3,(H,36,46)(H,37,47)(H2,24,26,27)(H3,25,30,31,35)/t10-,11-,14-,15-,20-,21-,23+,44?,45?/m1/s1. The molecule has 0 radical (unpaired) electrons. The molecule has 1 aliphatic carbocycles. The summed E-state index contributed by atoms with van der Waals surface area (Å²) in [5.74, 6) is 0.148. The molecular weight excluding hydrogens is 702 g/mol. The second-order valence-electron chi connectivity index (χ2n) is 11.4. The minimum absolute atomic E-state index is 0.00182. The molecule has 2 aliphatic heterocycles. The van der Waals surface area contributed by atoms with Gasteiger partial charge in [0.05, 0.1) is 31.5 Å². The number of H-pyrrole nitrogens is 1. The average molecular weight is 733 g/mol. The minimum atomic E-state index is -4.25. The lowest BCUT2D eigenvalue weighted by molar-refractivity contribution is -0.121. The van der Waals surface area contributed by atoms with Crippen molar-refractivity contribution in [2.24, 2.45) is 5.92 Å². The van der Waals surface area contributed by atoms with Gasteiger partial charge in [-0.25, -0.2) is 24.5 Å². The van der Waals surface area contributed by atoms with Gasteiger partial charge in [-0.1, -0.05) is 12.2 Å². The van der Waals surface area contributed by atoms with E-state index in [-0.39, 0.29) is 35.5 Å². The molecule has 0 aromatic carbocycles. The van der Waals surface area contributed by atoms with Gasteiger partial charge in [0.15, 0.2) is 28.9 Å². The number of hydrogen-bond acceptors (Lipinski definition) is 17. The van der Waals surface area contributed by atoms with Gasteiger partial charge >= 0.3 is 13.5 Å². The molecule has 0 spiro atoms. The van der Waals surface area contributed by atoms with Crippen LogP contribution in [0.15, 0.2) is 23.8 Å². The first-order valence-corrected chi connectivity index (χ1v) is 19.4. The molecule has 2 bridgehead atoms. The molecule has 2 unspecified atom stereocenters. The quantitative estimate of drug-likeness (QED) is 0.0918. The Balaban J connectivity index is 1.10. The van der Waals surface area contributed by atoms with E-state index >= 15 is 0 Å². The highest BCUT2D eigenvalue weighted by molar-refractivity contribution is 8.44. The van der Waals surface area contributed by atoms with Crippen molar-refractivity contribution in [2.45, 2.75) is 55.6 Å². The van der Waals surface area contributed by atoms with E-state index in [2.05, 4.69) is 42.2 Å². The van der Waals surface area contributed by atoms with Gasteiger partial charge in [0.25, 0.3) is 5.56 Å². The van der Waals surface area contributed by atoms with Crippen LogP contribution in [-0.4, -0.2) is 93.3 Å². The third-order valence-corrected chi connectivity index (χ3v) is 11.8. The molecule has 47 heavy (non-hydrogen) atoms. The highest BCUT2D eigenvalue weighted by Crippen LogP contribution is 2.60. The molecule has 1 saturated carbocycles. The lowest BCUT2D eigenvalue weighted by Gasteiger charge is -2.32. The molecule has 0 amide bonds. The molecule has 7 N–H and O–H groups in total. The normalized spacial score (nSPS) is 31.5. The van der Waals surface area contributed by atoms with Crippen molar-refractivity contribution in [2.75, 3.05) is 31.8 Å². The van der Waals surface area contributed by atoms with Gasteiger partial charge in [0, 0.05) is 13.0 Å². The Bertz CT molecular complexity index is 2000. The predicted octanol–water partition coefficient (Wildman–Crippen LogP) is 0.769. The fraction of sp³-hybridized carbons (Fsp3) is 0.565. The maximum absolute atomic E-state index is 13.8. The zero-order chi connectivity index (χ0) is 33.3. The van der Waals surface area contributed by atoms with Crippen LogP contribution in [0.3, 0.4) is 0 Å². The number of aliphatic hydroxyl groups excluding tert-OH is 1. The summed E-state index contributed by atoms with van der Waals surface area (Å²) in [6.07, 6.45) is 0.344. The summed E-state index contributed by atoms with van der Waals surface area (Å²) in [5.41, 5.74) is 11.2. The van der Waals surface area contributed by atoms with Crippen molar-refractivity contribution in [1.82, 2.24) is 39.0 Å². The number of anilines is 2. The number of nitrogens with two attached hydrogens (primary N) is 2. The van der Waals surface area contributed by atoms with Crippen molar-refractivity contribution in [1.29, 1.82) is 0 Å². The number of nitrogens with zero attached hydrogens (tertiary/aromatic N) is 7. The van der Waals surface area contributed by atoms with Crippen molar-refractivity contribution in [3.8, 4) is 0 Å². The number of thiol groups is 1. The number of aliphatic hydroxyl groups is 1. The van der Waals surface area contributed by atoms with Crippen molar-refractivity contribution in [3.05, 3.63) is 29.3 Å². The predicted molar refractivity (Wildman–Crippen MR) is 169 cm³/mol. The van der Waals surface area contributed by atoms with Gasteiger partial charge < -0.3 is 40.0 Å².